The zero-order chi connectivity index (χ0) is 21.1. The van der Waals surface area contributed by atoms with E-state index in [4.69, 9.17) is 11.6 Å². The van der Waals surface area contributed by atoms with Crippen LogP contribution >= 0.6 is 27.5 Å². The molecule has 162 valence electrons. The van der Waals surface area contributed by atoms with Crippen LogP contribution < -0.4 is 4.72 Å². The fraction of sp³-hybridized carbons (Fsp3) is 0.478. The smallest absolute Gasteiger partial charge is 0.240 e. The van der Waals surface area contributed by atoms with Crippen LogP contribution in [0.15, 0.2) is 57.9 Å². The van der Waals surface area contributed by atoms with Crippen LogP contribution in [0.2, 0.25) is 5.02 Å². The fourth-order valence-corrected chi connectivity index (χ4v) is 6.53. The number of likely N-dealkylation sites (tertiary alicyclic amines) is 1. The highest BCUT2D eigenvalue weighted by molar-refractivity contribution is 9.10. The van der Waals surface area contributed by atoms with Gasteiger partial charge >= 0.3 is 0 Å². The summed E-state index contributed by atoms with van der Waals surface area (Å²) < 4.78 is 29.6. The molecule has 0 radical (unpaired) electrons. The van der Waals surface area contributed by atoms with Gasteiger partial charge in [0.25, 0.3) is 0 Å². The van der Waals surface area contributed by atoms with Crippen molar-refractivity contribution < 1.29 is 8.42 Å². The van der Waals surface area contributed by atoms with Gasteiger partial charge in [-0.2, -0.15) is 0 Å². The molecule has 4 rings (SSSR count). The molecule has 4 nitrogen and oxygen atoms in total. The second-order valence-electron chi connectivity index (χ2n) is 8.49. The SMILES string of the molecule is O=S(=O)(NC1CCCC1N1CCC(Cc2ccc(Cl)cc2)CC1)c1ccc(Br)cc1. The summed E-state index contributed by atoms with van der Waals surface area (Å²) in [6.45, 7) is 2.08. The average molecular weight is 512 g/mol. The Morgan fingerprint density at radius 3 is 2.30 bits per heavy atom. The number of hydrogen-bond donors (Lipinski definition) is 1. The first kappa shape index (κ1) is 22.3. The van der Waals surface area contributed by atoms with E-state index in [1.54, 1.807) is 24.3 Å². The number of sulfonamides is 1. The molecule has 0 aromatic heterocycles. The third-order valence-corrected chi connectivity index (χ3v) is 8.75. The molecule has 1 N–H and O–H groups in total. The minimum Gasteiger partial charge on any atom is -0.299 e. The normalized spacial score (nSPS) is 23.7. The fourth-order valence-electron chi connectivity index (χ4n) is 4.84. The minimum absolute atomic E-state index is 0.00791. The Bertz CT molecular complexity index is 942. The second kappa shape index (κ2) is 9.70. The first-order chi connectivity index (χ1) is 14.4. The van der Waals surface area contributed by atoms with Gasteiger partial charge in [0, 0.05) is 21.6 Å². The molecule has 2 atom stereocenters. The molecule has 30 heavy (non-hydrogen) atoms. The summed E-state index contributed by atoms with van der Waals surface area (Å²) in [5, 5.41) is 0.784. The Balaban J connectivity index is 1.34. The highest BCUT2D eigenvalue weighted by Crippen LogP contribution is 2.31. The van der Waals surface area contributed by atoms with Crippen LogP contribution in [0.25, 0.3) is 0 Å². The topological polar surface area (TPSA) is 49.4 Å². The number of nitrogens with zero attached hydrogens (tertiary/aromatic N) is 1. The van der Waals surface area contributed by atoms with E-state index in [1.807, 2.05) is 12.1 Å². The van der Waals surface area contributed by atoms with Gasteiger partial charge in [-0.1, -0.05) is 46.1 Å². The van der Waals surface area contributed by atoms with Crippen LogP contribution in [0.4, 0.5) is 0 Å². The molecular weight excluding hydrogens is 484 g/mol. The standard InChI is InChI=1S/C23H28BrClN2O2S/c24-19-6-10-21(11-7-19)30(28,29)26-22-2-1-3-23(22)27-14-12-18(13-15-27)16-17-4-8-20(25)9-5-17/h4-11,18,22-23,26H,1-3,12-16H2. The molecular formula is C23H28BrClN2O2S. The van der Waals surface area contributed by atoms with Crippen molar-refractivity contribution in [3.63, 3.8) is 0 Å². The van der Waals surface area contributed by atoms with Crippen molar-refractivity contribution in [2.45, 2.75) is 55.5 Å². The van der Waals surface area contributed by atoms with E-state index < -0.39 is 10.0 Å². The molecule has 0 amide bonds. The Labute approximate surface area is 193 Å². The summed E-state index contributed by atoms with van der Waals surface area (Å²) in [6.07, 6.45) is 6.45. The Morgan fingerprint density at radius 2 is 1.63 bits per heavy atom. The molecule has 1 aliphatic carbocycles. The number of rotatable bonds is 6. The lowest BCUT2D eigenvalue weighted by atomic mass is 9.89. The summed E-state index contributed by atoms with van der Waals surface area (Å²) in [5.41, 5.74) is 1.35. The lowest BCUT2D eigenvalue weighted by molar-refractivity contribution is 0.122. The molecule has 2 aromatic rings. The van der Waals surface area contributed by atoms with E-state index in [0.717, 1.165) is 61.1 Å². The second-order valence-corrected chi connectivity index (χ2v) is 11.6. The Kier molecular flexibility index (Phi) is 7.20. The van der Waals surface area contributed by atoms with Crippen molar-refractivity contribution in [3.8, 4) is 0 Å². The summed E-state index contributed by atoms with van der Waals surface area (Å²) in [4.78, 5) is 2.85. The molecule has 2 aromatic carbocycles. The quantitative estimate of drug-likeness (QED) is 0.576. The van der Waals surface area contributed by atoms with Gasteiger partial charge in [-0.15, -0.1) is 0 Å². The van der Waals surface area contributed by atoms with E-state index >= 15 is 0 Å². The zero-order valence-electron chi connectivity index (χ0n) is 16.9. The number of halogens is 2. The van der Waals surface area contributed by atoms with Gasteiger partial charge in [0.1, 0.15) is 0 Å². The molecule has 1 saturated carbocycles. The van der Waals surface area contributed by atoms with Crippen LogP contribution in [0.5, 0.6) is 0 Å². The van der Waals surface area contributed by atoms with Crippen LogP contribution in [-0.2, 0) is 16.4 Å². The maximum absolute atomic E-state index is 12.9. The monoisotopic (exact) mass is 510 g/mol. The highest BCUT2D eigenvalue weighted by Gasteiger charge is 2.36. The zero-order valence-corrected chi connectivity index (χ0v) is 20.1. The van der Waals surface area contributed by atoms with Gasteiger partial charge in [-0.25, -0.2) is 13.1 Å². The van der Waals surface area contributed by atoms with Gasteiger partial charge in [0.2, 0.25) is 10.0 Å². The predicted molar refractivity (Wildman–Crippen MR) is 125 cm³/mol. The summed E-state index contributed by atoms with van der Waals surface area (Å²) in [7, 11) is -3.50. The van der Waals surface area contributed by atoms with E-state index in [9.17, 15) is 8.42 Å². The predicted octanol–water partition coefficient (Wildman–Crippen LogP) is 5.26. The maximum atomic E-state index is 12.9. The van der Waals surface area contributed by atoms with Crippen LogP contribution in [-0.4, -0.2) is 38.5 Å². The maximum Gasteiger partial charge on any atom is 0.240 e. The molecule has 7 heteroatoms. The highest BCUT2D eigenvalue weighted by atomic mass is 79.9. The van der Waals surface area contributed by atoms with E-state index in [-0.39, 0.29) is 6.04 Å². The molecule has 2 fully saturated rings. The van der Waals surface area contributed by atoms with Crippen molar-refractivity contribution in [3.05, 3.63) is 63.6 Å². The summed E-state index contributed by atoms with van der Waals surface area (Å²) in [6, 6.07) is 15.3. The molecule has 0 bridgehead atoms. The van der Waals surface area contributed by atoms with E-state index in [0.29, 0.717) is 16.9 Å². The van der Waals surface area contributed by atoms with Gasteiger partial charge in [0.15, 0.2) is 0 Å². The minimum atomic E-state index is -3.50. The van der Waals surface area contributed by atoms with Crippen molar-refractivity contribution in [2.24, 2.45) is 5.92 Å². The van der Waals surface area contributed by atoms with Crippen LogP contribution in [0, 0.1) is 5.92 Å². The van der Waals surface area contributed by atoms with Crippen molar-refractivity contribution in [1.29, 1.82) is 0 Å². The first-order valence-corrected chi connectivity index (χ1v) is 13.3. The van der Waals surface area contributed by atoms with E-state index in [2.05, 4.69) is 37.7 Å². The molecule has 1 aliphatic heterocycles. The summed E-state index contributed by atoms with van der Waals surface area (Å²) >= 11 is 9.36. The van der Waals surface area contributed by atoms with Gasteiger partial charge in [-0.3, -0.25) is 4.90 Å². The van der Waals surface area contributed by atoms with E-state index in [1.165, 1.54) is 5.56 Å². The van der Waals surface area contributed by atoms with Gasteiger partial charge < -0.3 is 0 Å². The number of benzene rings is 2. The van der Waals surface area contributed by atoms with Crippen molar-refractivity contribution in [1.82, 2.24) is 9.62 Å². The lowest BCUT2D eigenvalue weighted by Gasteiger charge is -2.38. The first-order valence-electron chi connectivity index (χ1n) is 10.7. The van der Waals surface area contributed by atoms with Crippen LogP contribution in [0.1, 0.15) is 37.7 Å². The number of piperidine rings is 1. The van der Waals surface area contributed by atoms with Crippen LogP contribution in [0.3, 0.4) is 0 Å². The average Bonchev–Trinajstić information content (AvgIpc) is 3.18. The molecule has 1 heterocycles. The largest absolute Gasteiger partial charge is 0.299 e. The Morgan fingerprint density at radius 1 is 0.967 bits per heavy atom. The Hall–Kier alpha value is -0.920. The molecule has 0 spiro atoms. The van der Waals surface area contributed by atoms with Crippen molar-refractivity contribution in [2.75, 3.05) is 13.1 Å². The molecule has 1 saturated heterocycles. The lowest BCUT2D eigenvalue weighted by Crippen LogP contribution is -2.51. The van der Waals surface area contributed by atoms with Crippen molar-refractivity contribution >= 4 is 37.6 Å². The van der Waals surface area contributed by atoms with Gasteiger partial charge in [-0.05, 0) is 93.1 Å². The van der Waals surface area contributed by atoms with Gasteiger partial charge in [0.05, 0.1) is 4.90 Å². The number of hydrogen-bond acceptors (Lipinski definition) is 3. The molecule has 2 unspecified atom stereocenters. The third-order valence-electron chi connectivity index (χ3n) is 6.47. The molecule has 2 aliphatic rings. The summed E-state index contributed by atoms with van der Waals surface area (Å²) in [5.74, 6) is 0.682. The number of nitrogens with one attached hydrogen (secondary N) is 1. The third kappa shape index (κ3) is 5.46.